The number of amides is 2. The standard InChI is InChI=1S/C28H29BrN4O4S/c1-17-25(30-18(2)26(17)28(35)33-12-10-32(3)11-13-33)15-23-22-14-21(8-9-24(22)31-27(23)34)38(36,37)16-19-4-6-20(29)7-5-19/h4-9,14-15,30H,10-13,16H2,1-3H3,(H,31,34)/b23-15-. The number of anilines is 1. The summed E-state index contributed by atoms with van der Waals surface area (Å²) < 4.78 is 27.3. The second-order valence-corrected chi connectivity index (χ2v) is 12.8. The van der Waals surface area contributed by atoms with Crippen molar-refractivity contribution in [3.05, 3.63) is 80.6 Å². The molecule has 2 N–H and O–H groups in total. The fourth-order valence-corrected chi connectivity index (χ4v) is 6.57. The van der Waals surface area contributed by atoms with Crippen molar-refractivity contribution in [3.63, 3.8) is 0 Å². The normalized spacial score (nSPS) is 17.1. The van der Waals surface area contributed by atoms with Gasteiger partial charge in [0.05, 0.1) is 21.8 Å². The van der Waals surface area contributed by atoms with Gasteiger partial charge < -0.3 is 20.1 Å². The van der Waals surface area contributed by atoms with E-state index in [1.807, 2.05) is 25.8 Å². The summed E-state index contributed by atoms with van der Waals surface area (Å²) in [4.78, 5) is 33.7. The van der Waals surface area contributed by atoms with Crippen molar-refractivity contribution >= 4 is 54.9 Å². The first kappa shape index (κ1) is 26.4. The number of carbonyl (C=O) groups excluding carboxylic acids is 2. The number of rotatable bonds is 5. The lowest BCUT2D eigenvalue weighted by Gasteiger charge is -2.32. The fraction of sp³-hybridized carbons (Fsp3) is 0.286. The van der Waals surface area contributed by atoms with E-state index in [-0.39, 0.29) is 22.5 Å². The lowest BCUT2D eigenvalue weighted by molar-refractivity contribution is -0.110. The van der Waals surface area contributed by atoms with Gasteiger partial charge >= 0.3 is 0 Å². The maximum absolute atomic E-state index is 13.3. The van der Waals surface area contributed by atoms with Crippen molar-refractivity contribution in [2.75, 3.05) is 38.5 Å². The van der Waals surface area contributed by atoms with Gasteiger partial charge in [-0.3, -0.25) is 9.59 Å². The van der Waals surface area contributed by atoms with Gasteiger partial charge in [-0.2, -0.15) is 0 Å². The number of nitrogens with one attached hydrogen (secondary N) is 2. The van der Waals surface area contributed by atoms with Crippen molar-refractivity contribution in [3.8, 4) is 0 Å². The number of H-pyrrole nitrogens is 1. The monoisotopic (exact) mass is 596 g/mol. The van der Waals surface area contributed by atoms with Gasteiger partial charge in [0.25, 0.3) is 11.8 Å². The van der Waals surface area contributed by atoms with E-state index in [0.29, 0.717) is 46.7 Å². The van der Waals surface area contributed by atoms with Crippen molar-refractivity contribution in [2.45, 2.75) is 24.5 Å². The highest BCUT2D eigenvalue weighted by Crippen LogP contribution is 2.36. The van der Waals surface area contributed by atoms with Crippen molar-refractivity contribution < 1.29 is 18.0 Å². The van der Waals surface area contributed by atoms with E-state index in [0.717, 1.165) is 28.8 Å². The molecule has 3 aromatic rings. The van der Waals surface area contributed by atoms with Gasteiger partial charge in [-0.25, -0.2) is 8.42 Å². The summed E-state index contributed by atoms with van der Waals surface area (Å²) in [7, 11) is -1.60. The van der Waals surface area contributed by atoms with Crippen LogP contribution in [0.4, 0.5) is 5.69 Å². The number of piperazine rings is 1. The molecule has 0 bridgehead atoms. The first-order valence-corrected chi connectivity index (χ1v) is 14.8. The number of aromatic nitrogens is 1. The third-order valence-electron chi connectivity index (χ3n) is 7.17. The number of carbonyl (C=O) groups is 2. The molecule has 1 fully saturated rings. The predicted octanol–water partition coefficient (Wildman–Crippen LogP) is 4.25. The Kier molecular flexibility index (Phi) is 7.06. The summed E-state index contributed by atoms with van der Waals surface area (Å²) in [6, 6.07) is 11.8. The fourth-order valence-electron chi connectivity index (χ4n) is 4.94. The summed E-state index contributed by atoms with van der Waals surface area (Å²) in [6.45, 7) is 6.72. The van der Waals surface area contributed by atoms with Crippen molar-refractivity contribution in [2.24, 2.45) is 0 Å². The van der Waals surface area contributed by atoms with Gasteiger partial charge in [0.15, 0.2) is 9.84 Å². The zero-order valence-corrected chi connectivity index (χ0v) is 23.9. The Balaban J connectivity index is 1.46. The SMILES string of the molecule is Cc1[nH]c(/C=C2\C(=O)Nc3ccc(S(=O)(=O)Cc4ccc(Br)cc4)cc32)c(C)c1C(=O)N1CCN(C)CC1. The molecule has 2 aliphatic heterocycles. The molecule has 3 heterocycles. The topological polar surface area (TPSA) is 103 Å². The summed E-state index contributed by atoms with van der Waals surface area (Å²) in [5, 5.41) is 2.82. The van der Waals surface area contributed by atoms with E-state index in [1.54, 1.807) is 42.5 Å². The minimum absolute atomic E-state index is 0.0217. The third-order valence-corrected chi connectivity index (χ3v) is 9.39. The summed E-state index contributed by atoms with van der Waals surface area (Å²) >= 11 is 3.36. The van der Waals surface area contributed by atoms with Crippen LogP contribution in [0.15, 0.2) is 51.8 Å². The minimum Gasteiger partial charge on any atom is -0.358 e. The first-order chi connectivity index (χ1) is 18.0. The molecule has 1 saturated heterocycles. The molecule has 2 amide bonds. The Morgan fingerprint density at radius 1 is 1.05 bits per heavy atom. The van der Waals surface area contributed by atoms with Crippen LogP contribution >= 0.6 is 15.9 Å². The number of aromatic amines is 1. The van der Waals surface area contributed by atoms with Crippen LogP contribution in [0.5, 0.6) is 0 Å². The number of sulfone groups is 1. The summed E-state index contributed by atoms with van der Waals surface area (Å²) in [5.74, 6) is -0.487. The van der Waals surface area contributed by atoms with Gasteiger partial charge in [0, 0.05) is 53.3 Å². The maximum atomic E-state index is 13.3. The molecule has 2 aromatic carbocycles. The highest BCUT2D eigenvalue weighted by Gasteiger charge is 2.29. The first-order valence-electron chi connectivity index (χ1n) is 12.3. The number of nitrogens with zero attached hydrogens (tertiary/aromatic N) is 2. The summed E-state index contributed by atoms with van der Waals surface area (Å²) in [5.41, 5.74) is 4.87. The highest BCUT2D eigenvalue weighted by molar-refractivity contribution is 9.10. The molecule has 0 aliphatic carbocycles. The number of likely N-dealkylation sites (N-methyl/N-ethyl adjacent to an activating group) is 1. The largest absolute Gasteiger partial charge is 0.358 e. The molecule has 0 saturated carbocycles. The second-order valence-electron chi connectivity index (χ2n) is 9.86. The van der Waals surface area contributed by atoms with Crippen LogP contribution in [0.1, 0.15) is 38.4 Å². The van der Waals surface area contributed by atoms with Gasteiger partial charge in [0.1, 0.15) is 0 Å². The predicted molar refractivity (Wildman–Crippen MR) is 152 cm³/mol. The molecular formula is C28H29BrN4O4S. The molecule has 10 heteroatoms. The number of benzene rings is 2. The zero-order chi connectivity index (χ0) is 27.2. The van der Waals surface area contributed by atoms with Crippen LogP contribution in [-0.4, -0.2) is 68.2 Å². The van der Waals surface area contributed by atoms with E-state index in [1.165, 1.54) is 6.07 Å². The van der Waals surface area contributed by atoms with Crippen LogP contribution in [0, 0.1) is 13.8 Å². The molecule has 0 spiro atoms. The molecule has 8 nitrogen and oxygen atoms in total. The maximum Gasteiger partial charge on any atom is 0.256 e. The lowest BCUT2D eigenvalue weighted by Crippen LogP contribution is -2.47. The number of aryl methyl sites for hydroxylation is 1. The number of halogens is 1. The highest BCUT2D eigenvalue weighted by atomic mass is 79.9. The second kappa shape index (κ2) is 10.2. The average molecular weight is 598 g/mol. The van der Waals surface area contributed by atoms with E-state index >= 15 is 0 Å². The van der Waals surface area contributed by atoms with E-state index in [9.17, 15) is 18.0 Å². The van der Waals surface area contributed by atoms with Crippen LogP contribution in [0.25, 0.3) is 11.6 Å². The third kappa shape index (κ3) is 5.08. The van der Waals surface area contributed by atoms with Crippen LogP contribution in [0.2, 0.25) is 0 Å². The van der Waals surface area contributed by atoms with Crippen LogP contribution in [-0.2, 0) is 20.4 Å². The molecule has 198 valence electrons. The minimum atomic E-state index is -3.64. The number of hydrogen-bond donors (Lipinski definition) is 2. The molecule has 0 radical (unpaired) electrons. The average Bonchev–Trinajstić information content (AvgIpc) is 3.34. The quantitative estimate of drug-likeness (QED) is 0.429. The molecule has 5 rings (SSSR count). The Morgan fingerprint density at radius 2 is 1.74 bits per heavy atom. The summed E-state index contributed by atoms with van der Waals surface area (Å²) in [6.07, 6.45) is 1.70. The van der Waals surface area contributed by atoms with E-state index < -0.39 is 9.84 Å². The van der Waals surface area contributed by atoms with Crippen LogP contribution < -0.4 is 5.32 Å². The van der Waals surface area contributed by atoms with Crippen molar-refractivity contribution in [1.82, 2.24) is 14.8 Å². The number of hydrogen-bond acceptors (Lipinski definition) is 5. The van der Waals surface area contributed by atoms with E-state index in [4.69, 9.17) is 0 Å². The molecule has 1 aromatic heterocycles. The van der Waals surface area contributed by atoms with Gasteiger partial charge in [-0.15, -0.1) is 0 Å². The Labute approximate surface area is 230 Å². The van der Waals surface area contributed by atoms with Gasteiger partial charge in [-0.05, 0) is 68.4 Å². The zero-order valence-electron chi connectivity index (χ0n) is 21.5. The molecule has 38 heavy (non-hydrogen) atoms. The van der Waals surface area contributed by atoms with Gasteiger partial charge in [-0.1, -0.05) is 28.1 Å². The Bertz CT molecular complexity index is 1570. The van der Waals surface area contributed by atoms with Crippen LogP contribution in [0.3, 0.4) is 0 Å². The van der Waals surface area contributed by atoms with E-state index in [2.05, 4.69) is 31.1 Å². The Hall–Kier alpha value is -3.21. The molecule has 2 aliphatic rings. The molecule has 0 unspecified atom stereocenters. The van der Waals surface area contributed by atoms with Gasteiger partial charge in [0.2, 0.25) is 0 Å². The molecular weight excluding hydrogens is 568 g/mol. The Morgan fingerprint density at radius 3 is 2.42 bits per heavy atom. The number of fused-ring (bicyclic) bond motifs is 1. The van der Waals surface area contributed by atoms with Crippen molar-refractivity contribution in [1.29, 1.82) is 0 Å². The lowest BCUT2D eigenvalue weighted by atomic mass is 10.0. The molecule has 0 atom stereocenters. The smallest absolute Gasteiger partial charge is 0.256 e.